The number of methoxy groups -OCH3 is 1. The van der Waals surface area contributed by atoms with Gasteiger partial charge in [0.1, 0.15) is 28.9 Å². The van der Waals surface area contributed by atoms with Crippen molar-refractivity contribution in [3.63, 3.8) is 0 Å². The summed E-state index contributed by atoms with van der Waals surface area (Å²) in [5, 5.41) is 2.73. The lowest BCUT2D eigenvalue weighted by atomic mass is 9.67. The van der Waals surface area contributed by atoms with Crippen LogP contribution in [0, 0.1) is 0 Å². The molecule has 2 aliphatic rings. The highest BCUT2D eigenvalue weighted by atomic mass is 79.9. The molecule has 1 amide bonds. The maximum Gasteiger partial charge on any atom is 0.341 e. The molecule has 0 unspecified atom stereocenters. The molecule has 0 saturated heterocycles. The fraction of sp³-hybridized carbons (Fsp3) is 0.350. The minimum absolute atomic E-state index is 0.0577. The molecule has 10 heteroatoms. The summed E-state index contributed by atoms with van der Waals surface area (Å²) in [6.45, 7) is 3.24. The van der Waals surface area contributed by atoms with E-state index in [1.807, 2.05) is 0 Å². The van der Waals surface area contributed by atoms with Gasteiger partial charge in [-0.15, -0.1) is 0 Å². The maximum absolute atomic E-state index is 13.4. The summed E-state index contributed by atoms with van der Waals surface area (Å²) in [6.07, 6.45) is 0. The lowest BCUT2D eigenvalue weighted by molar-refractivity contribution is -0.144. The van der Waals surface area contributed by atoms with Crippen molar-refractivity contribution in [2.24, 2.45) is 5.73 Å². The number of nitrogens with two attached hydrogens (primary N) is 1. The first-order valence-electron chi connectivity index (χ1n) is 9.13. The van der Waals surface area contributed by atoms with Crippen molar-refractivity contribution in [1.29, 1.82) is 0 Å². The summed E-state index contributed by atoms with van der Waals surface area (Å²) in [6, 6.07) is 5.02. The molecule has 0 radical (unpaired) electrons. The Kier molecular flexibility index (Phi) is 6.18. The summed E-state index contributed by atoms with van der Waals surface area (Å²) >= 11 is 3.38. The van der Waals surface area contributed by atoms with Gasteiger partial charge in [0, 0.05) is 22.8 Å². The zero-order valence-electron chi connectivity index (χ0n) is 16.7. The molecule has 1 spiro atoms. The molecule has 9 nitrogen and oxygen atoms in total. The number of nitrogens with one attached hydrogen (secondary N) is 1. The number of hydrogen-bond donors (Lipinski definition) is 2. The van der Waals surface area contributed by atoms with Crippen LogP contribution in [0.5, 0.6) is 0 Å². The Morgan fingerprint density at radius 2 is 1.90 bits per heavy atom. The van der Waals surface area contributed by atoms with E-state index in [4.69, 9.17) is 24.7 Å². The van der Waals surface area contributed by atoms with Crippen molar-refractivity contribution in [3.05, 3.63) is 51.0 Å². The lowest BCUT2D eigenvalue weighted by Gasteiger charge is -2.35. The number of amides is 1. The Bertz CT molecular complexity index is 985. The average Bonchev–Trinajstić information content (AvgIpc) is 2.94. The molecule has 0 fully saturated rings. The fourth-order valence-electron chi connectivity index (χ4n) is 3.65. The maximum atomic E-state index is 13.4. The van der Waals surface area contributed by atoms with Crippen LogP contribution in [0.3, 0.4) is 0 Å². The van der Waals surface area contributed by atoms with E-state index in [0.29, 0.717) is 15.7 Å². The monoisotopic (exact) mass is 480 g/mol. The van der Waals surface area contributed by atoms with Crippen LogP contribution in [0.1, 0.15) is 19.4 Å². The van der Waals surface area contributed by atoms with E-state index in [0.717, 1.165) is 0 Å². The third-order valence-corrected chi connectivity index (χ3v) is 5.28. The molecule has 1 aromatic carbocycles. The first-order valence-corrected chi connectivity index (χ1v) is 9.92. The number of carbonyl (C=O) groups excluding carboxylic acids is 3. The third-order valence-electron chi connectivity index (χ3n) is 4.79. The number of allylic oxidation sites excluding steroid dienone is 1. The fourth-order valence-corrected chi connectivity index (χ4v) is 4.02. The normalized spacial score (nSPS) is 20.1. The van der Waals surface area contributed by atoms with E-state index in [-0.39, 0.29) is 42.6 Å². The smallest absolute Gasteiger partial charge is 0.341 e. The first-order chi connectivity index (χ1) is 14.3. The van der Waals surface area contributed by atoms with Crippen molar-refractivity contribution < 1.29 is 33.3 Å². The van der Waals surface area contributed by atoms with Crippen LogP contribution in [0.15, 0.2) is 45.5 Å². The predicted octanol–water partition coefficient (Wildman–Crippen LogP) is 1.87. The molecule has 30 heavy (non-hydrogen) atoms. The molecule has 160 valence electrons. The highest BCUT2D eigenvalue weighted by molar-refractivity contribution is 9.10. The first kappa shape index (κ1) is 21.8. The molecule has 2 heterocycles. The van der Waals surface area contributed by atoms with Gasteiger partial charge in [-0.05, 0) is 32.0 Å². The van der Waals surface area contributed by atoms with Crippen LogP contribution < -0.4 is 11.1 Å². The van der Waals surface area contributed by atoms with Crippen molar-refractivity contribution in [2.75, 3.05) is 32.2 Å². The second kappa shape index (κ2) is 8.49. The second-order valence-electron chi connectivity index (χ2n) is 6.52. The van der Waals surface area contributed by atoms with Crippen LogP contribution in [0.2, 0.25) is 0 Å². The molecular formula is C20H21BrN2O7. The van der Waals surface area contributed by atoms with E-state index in [9.17, 15) is 14.4 Å². The zero-order chi connectivity index (χ0) is 22.1. The number of hydrogen-bond acceptors (Lipinski definition) is 8. The van der Waals surface area contributed by atoms with Gasteiger partial charge >= 0.3 is 11.9 Å². The zero-order valence-corrected chi connectivity index (χ0v) is 18.3. The SMILES string of the molecule is CCOC(=O)C1=C(C)OC(N)=C(C(=O)OCCOC)[C@]12C(=O)Nc1ccc(Br)cc12. The van der Waals surface area contributed by atoms with E-state index in [1.54, 1.807) is 25.1 Å². The van der Waals surface area contributed by atoms with E-state index in [1.165, 1.54) is 14.0 Å². The summed E-state index contributed by atoms with van der Waals surface area (Å²) in [4.78, 5) is 39.4. The summed E-state index contributed by atoms with van der Waals surface area (Å²) in [7, 11) is 1.45. The number of rotatable bonds is 6. The van der Waals surface area contributed by atoms with E-state index < -0.39 is 23.3 Å². The van der Waals surface area contributed by atoms with Crippen LogP contribution in [-0.2, 0) is 38.7 Å². The Hall–Kier alpha value is -2.85. The van der Waals surface area contributed by atoms with Gasteiger partial charge < -0.3 is 30.0 Å². The van der Waals surface area contributed by atoms with Gasteiger partial charge in [0.2, 0.25) is 11.8 Å². The molecule has 2 aliphatic heterocycles. The average molecular weight is 481 g/mol. The van der Waals surface area contributed by atoms with Crippen LogP contribution >= 0.6 is 15.9 Å². The van der Waals surface area contributed by atoms with Gasteiger partial charge in [0.15, 0.2) is 0 Å². The quantitative estimate of drug-likeness (QED) is 0.466. The summed E-state index contributed by atoms with van der Waals surface area (Å²) in [5.74, 6) is -2.61. The van der Waals surface area contributed by atoms with Gasteiger partial charge in [0.05, 0.1) is 13.2 Å². The lowest BCUT2D eigenvalue weighted by Crippen LogP contribution is -2.48. The molecule has 3 rings (SSSR count). The number of carbonyl (C=O) groups is 3. The van der Waals surface area contributed by atoms with Crippen molar-refractivity contribution in [3.8, 4) is 0 Å². The molecule has 1 atom stereocenters. The Labute approximate surface area is 181 Å². The molecule has 0 bridgehead atoms. The topological polar surface area (TPSA) is 126 Å². The highest BCUT2D eigenvalue weighted by Gasteiger charge is 2.61. The molecule has 0 aromatic heterocycles. The number of fused-ring (bicyclic) bond motifs is 2. The molecule has 1 aromatic rings. The summed E-state index contributed by atoms with van der Waals surface area (Å²) in [5.41, 5.74) is 4.54. The van der Waals surface area contributed by atoms with Gasteiger partial charge in [0.25, 0.3) is 0 Å². The molecular weight excluding hydrogens is 460 g/mol. The predicted molar refractivity (Wildman–Crippen MR) is 109 cm³/mol. The van der Waals surface area contributed by atoms with Crippen LogP contribution in [0.4, 0.5) is 5.69 Å². The van der Waals surface area contributed by atoms with E-state index >= 15 is 0 Å². The number of benzene rings is 1. The number of esters is 2. The van der Waals surface area contributed by atoms with Gasteiger partial charge in [-0.2, -0.15) is 0 Å². The number of anilines is 1. The highest BCUT2D eigenvalue weighted by Crippen LogP contribution is 2.53. The van der Waals surface area contributed by atoms with Gasteiger partial charge in [-0.25, -0.2) is 9.59 Å². The Balaban J connectivity index is 2.29. The molecule has 0 aliphatic carbocycles. The minimum atomic E-state index is -1.89. The Morgan fingerprint density at radius 3 is 2.57 bits per heavy atom. The van der Waals surface area contributed by atoms with Gasteiger partial charge in [-0.3, -0.25) is 4.79 Å². The molecule has 0 saturated carbocycles. The Morgan fingerprint density at radius 1 is 1.20 bits per heavy atom. The van der Waals surface area contributed by atoms with Crippen molar-refractivity contribution in [1.82, 2.24) is 0 Å². The van der Waals surface area contributed by atoms with Crippen molar-refractivity contribution in [2.45, 2.75) is 19.3 Å². The minimum Gasteiger partial charge on any atom is -0.462 e. The summed E-state index contributed by atoms with van der Waals surface area (Å²) < 4.78 is 21.5. The second-order valence-corrected chi connectivity index (χ2v) is 7.43. The van der Waals surface area contributed by atoms with Crippen molar-refractivity contribution >= 4 is 39.5 Å². The molecule has 3 N–H and O–H groups in total. The van der Waals surface area contributed by atoms with Crippen LogP contribution in [0.25, 0.3) is 0 Å². The standard InChI is InChI=1S/C20H21BrN2O7/c1-4-28-17(24)14-10(2)30-16(22)15(18(25)29-8-7-27-3)20(14)12-9-11(21)5-6-13(12)23-19(20)26/h5-6,9H,4,7-8,22H2,1-3H3,(H,23,26)/t20-/m1/s1. The van der Waals surface area contributed by atoms with Crippen LogP contribution in [-0.4, -0.2) is 44.8 Å². The van der Waals surface area contributed by atoms with Gasteiger partial charge in [-0.1, -0.05) is 15.9 Å². The largest absolute Gasteiger partial charge is 0.462 e. The number of halogens is 1. The third kappa shape index (κ3) is 3.35. The van der Waals surface area contributed by atoms with E-state index in [2.05, 4.69) is 21.2 Å². The number of ether oxygens (including phenoxy) is 4.